The first-order valence-electron chi connectivity index (χ1n) is 9.00. The fraction of sp³-hybridized carbons (Fsp3) is 0.364. The van der Waals surface area contributed by atoms with Gasteiger partial charge in [-0.15, -0.1) is 0 Å². The minimum Gasteiger partial charge on any atom is -0.508 e. The maximum Gasteiger partial charge on any atom is 0.198 e. The zero-order valence-electron chi connectivity index (χ0n) is 16.3. The van der Waals surface area contributed by atoms with Gasteiger partial charge in [-0.2, -0.15) is 0 Å². The Morgan fingerprint density at radius 2 is 1.81 bits per heavy atom. The summed E-state index contributed by atoms with van der Waals surface area (Å²) in [5, 5.41) is 11.4. The van der Waals surface area contributed by atoms with E-state index in [1.54, 1.807) is 40.0 Å². The lowest BCUT2D eigenvalue weighted by atomic mass is 9.81. The topological polar surface area (TPSA) is 59.4 Å². The van der Waals surface area contributed by atoms with E-state index in [0.29, 0.717) is 17.0 Å². The van der Waals surface area contributed by atoms with Crippen molar-refractivity contribution in [2.75, 3.05) is 0 Å². The molecular weight excluding hydrogens is 362 g/mol. The third-order valence-electron chi connectivity index (χ3n) is 4.87. The number of hydrogen-bond donors (Lipinski definition) is 1. The predicted molar refractivity (Wildman–Crippen MR) is 108 cm³/mol. The number of rotatable bonds is 3. The van der Waals surface area contributed by atoms with E-state index >= 15 is 0 Å². The summed E-state index contributed by atoms with van der Waals surface area (Å²) >= 11 is 5.92. The second kappa shape index (κ2) is 6.77. The molecule has 1 N–H and O–H groups in total. The number of hydrogen-bond acceptors (Lipinski definition) is 4. The van der Waals surface area contributed by atoms with E-state index in [1.165, 1.54) is 0 Å². The third-order valence-corrected chi connectivity index (χ3v) is 5.09. The van der Waals surface area contributed by atoms with Gasteiger partial charge in [0, 0.05) is 11.8 Å². The Bertz CT molecular complexity index is 927. The van der Waals surface area contributed by atoms with Gasteiger partial charge < -0.3 is 9.84 Å². The molecule has 0 spiro atoms. The lowest BCUT2D eigenvalue weighted by molar-refractivity contribution is -0.158. The van der Waals surface area contributed by atoms with Crippen LogP contribution >= 0.6 is 11.6 Å². The second-order valence-corrected chi connectivity index (χ2v) is 8.20. The van der Waals surface area contributed by atoms with Crippen LogP contribution in [-0.2, 0) is 16.0 Å². The van der Waals surface area contributed by atoms with E-state index in [4.69, 9.17) is 16.3 Å². The van der Waals surface area contributed by atoms with E-state index in [0.717, 1.165) is 22.4 Å². The molecule has 4 nitrogen and oxygen atoms in total. The fourth-order valence-electron chi connectivity index (χ4n) is 3.53. The Hall–Kier alpha value is -2.17. The first-order valence-corrected chi connectivity index (χ1v) is 9.38. The van der Waals surface area contributed by atoms with E-state index in [9.17, 15) is 9.90 Å². The summed E-state index contributed by atoms with van der Waals surface area (Å²) in [6.45, 7) is 9.04. The van der Waals surface area contributed by atoms with Crippen molar-refractivity contribution in [1.29, 1.82) is 0 Å². The van der Waals surface area contributed by atoms with Crippen molar-refractivity contribution in [3.05, 3.63) is 58.4 Å². The number of ketones is 1. The van der Waals surface area contributed by atoms with Gasteiger partial charge in [-0.1, -0.05) is 30.7 Å². The van der Waals surface area contributed by atoms with Crippen LogP contribution in [0, 0.1) is 0 Å². The summed E-state index contributed by atoms with van der Waals surface area (Å²) in [7, 11) is 0. The number of benzene rings is 1. The molecule has 3 rings (SSSR count). The van der Waals surface area contributed by atoms with Crippen LogP contribution in [0.2, 0.25) is 5.02 Å². The Morgan fingerprint density at radius 1 is 1.11 bits per heavy atom. The van der Waals surface area contributed by atoms with Crippen molar-refractivity contribution < 1.29 is 14.6 Å². The predicted octanol–water partition coefficient (Wildman–Crippen LogP) is 5.39. The molecule has 0 amide bonds. The SMILES string of the molecule is CCc1cc(-c2ccc(Cl)cn2)ccc1C1=C(O)C(C)(C)OC(C)(C)C1=O. The molecule has 1 aliphatic heterocycles. The normalized spacial score (nSPS) is 18.7. The van der Waals surface area contributed by atoms with Crippen LogP contribution in [0.1, 0.15) is 45.7 Å². The van der Waals surface area contributed by atoms with Crippen molar-refractivity contribution in [3.63, 3.8) is 0 Å². The molecule has 0 unspecified atom stereocenters. The molecule has 0 saturated carbocycles. The number of aliphatic hydroxyl groups is 1. The Balaban J connectivity index is 2.16. The molecular formula is C22H24ClNO3. The number of carbonyl (C=O) groups is 1. The van der Waals surface area contributed by atoms with E-state index in [1.807, 2.05) is 31.2 Å². The van der Waals surface area contributed by atoms with Crippen LogP contribution in [0.4, 0.5) is 0 Å². The number of aromatic nitrogens is 1. The molecule has 27 heavy (non-hydrogen) atoms. The second-order valence-electron chi connectivity index (χ2n) is 7.76. The third kappa shape index (κ3) is 3.52. The largest absolute Gasteiger partial charge is 0.508 e. The van der Waals surface area contributed by atoms with Gasteiger partial charge in [-0.25, -0.2) is 0 Å². The molecule has 0 atom stereocenters. The zero-order valence-corrected chi connectivity index (χ0v) is 17.0. The van der Waals surface area contributed by atoms with Crippen LogP contribution in [0.5, 0.6) is 0 Å². The minimum absolute atomic E-state index is 0.0288. The number of nitrogens with zero attached hydrogens (tertiary/aromatic N) is 1. The van der Waals surface area contributed by atoms with Crippen LogP contribution in [0.3, 0.4) is 0 Å². The molecule has 0 saturated heterocycles. The van der Waals surface area contributed by atoms with Gasteiger partial charge in [-0.05, 0) is 63.4 Å². The molecule has 0 fully saturated rings. The molecule has 0 bridgehead atoms. The number of aliphatic hydroxyl groups excluding tert-OH is 1. The average molecular weight is 386 g/mol. The van der Waals surface area contributed by atoms with Crippen LogP contribution < -0.4 is 0 Å². The Kier molecular flexibility index (Phi) is 4.91. The van der Waals surface area contributed by atoms with Gasteiger partial charge in [0.05, 0.1) is 16.3 Å². The lowest BCUT2D eigenvalue weighted by Crippen LogP contribution is -2.49. The monoisotopic (exact) mass is 385 g/mol. The summed E-state index contributed by atoms with van der Waals surface area (Å²) in [4.78, 5) is 17.4. The highest BCUT2D eigenvalue weighted by Gasteiger charge is 2.47. The average Bonchev–Trinajstić information content (AvgIpc) is 2.60. The van der Waals surface area contributed by atoms with Crippen LogP contribution in [0.15, 0.2) is 42.3 Å². The molecule has 2 aromatic rings. The number of pyridine rings is 1. The van der Waals surface area contributed by atoms with Gasteiger partial charge in [0.25, 0.3) is 0 Å². The van der Waals surface area contributed by atoms with Crippen LogP contribution in [-0.4, -0.2) is 27.1 Å². The molecule has 1 aromatic heterocycles. The van der Waals surface area contributed by atoms with Gasteiger partial charge in [0.15, 0.2) is 5.78 Å². The standard InChI is InChI=1S/C22H24ClNO3/c1-6-13-11-14(17-10-8-15(23)12-24-17)7-9-16(13)18-19(25)21(2,3)27-22(4,5)20(18)26/h7-12,25H,6H2,1-5H3. The lowest BCUT2D eigenvalue weighted by Gasteiger charge is -2.40. The molecule has 0 aliphatic carbocycles. The number of halogens is 1. The van der Waals surface area contributed by atoms with Gasteiger partial charge in [-0.3, -0.25) is 9.78 Å². The number of aryl methyl sites for hydroxylation is 1. The summed E-state index contributed by atoms with van der Waals surface area (Å²) in [6, 6.07) is 9.46. The number of Topliss-reactive ketones (excluding diaryl/α,β-unsaturated/α-hetero) is 1. The summed E-state index contributed by atoms with van der Waals surface area (Å²) < 4.78 is 5.84. The highest BCUT2D eigenvalue weighted by molar-refractivity contribution is 6.30. The van der Waals surface area contributed by atoms with E-state index in [-0.39, 0.29) is 11.5 Å². The molecule has 5 heteroatoms. The maximum absolute atomic E-state index is 13.0. The summed E-state index contributed by atoms with van der Waals surface area (Å²) in [6.07, 6.45) is 2.32. The van der Waals surface area contributed by atoms with Gasteiger partial charge in [0.2, 0.25) is 0 Å². The van der Waals surface area contributed by atoms with E-state index in [2.05, 4.69) is 4.98 Å². The van der Waals surface area contributed by atoms with Gasteiger partial charge >= 0.3 is 0 Å². The number of ether oxygens (including phenoxy) is 1. The highest BCUT2D eigenvalue weighted by atomic mass is 35.5. The van der Waals surface area contributed by atoms with E-state index < -0.39 is 11.2 Å². The van der Waals surface area contributed by atoms with Crippen LogP contribution in [0.25, 0.3) is 16.8 Å². The number of carbonyl (C=O) groups excluding carboxylic acids is 1. The summed E-state index contributed by atoms with van der Waals surface area (Å²) in [5.74, 6) is -0.245. The zero-order chi connectivity index (χ0) is 20.0. The quantitative estimate of drug-likeness (QED) is 0.769. The molecule has 0 radical (unpaired) electrons. The van der Waals surface area contributed by atoms with Crippen molar-refractivity contribution in [1.82, 2.24) is 4.98 Å². The van der Waals surface area contributed by atoms with Crippen molar-refractivity contribution in [2.24, 2.45) is 0 Å². The van der Waals surface area contributed by atoms with Crippen molar-refractivity contribution >= 4 is 23.0 Å². The Morgan fingerprint density at radius 3 is 2.41 bits per heavy atom. The maximum atomic E-state index is 13.0. The van der Waals surface area contributed by atoms with Gasteiger partial charge in [0.1, 0.15) is 17.0 Å². The first kappa shape index (κ1) is 19.6. The highest BCUT2D eigenvalue weighted by Crippen LogP contribution is 2.41. The molecule has 1 aromatic carbocycles. The minimum atomic E-state index is -1.01. The fourth-order valence-corrected chi connectivity index (χ4v) is 3.64. The summed E-state index contributed by atoms with van der Waals surface area (Å²) in [5.41, 5.74) is 1.84. The smallest absolute Gasteiger partial charge is 0.198 e. The van der Waals surface area contributed by atoms with Crippen molar-refractivity contribution in [3.8, 4) is 11.3 Å². The molecule has 2 heterocycles. The molecule has 1 aliphatic rings. The van der Waals surface area contributed by atoms with Crippen molar-refractivity contribution in [2.45, 2.75) is 52.2 Å². The Labute approximate surface area is 164 Å². The first-order chi connectivity index (χ1) is 12.6. The molecule has 142 valence electrons.